The Hall–Kier alpha value is -2.86. The lowest BCUT2D eigenvalue weighted by Crippen LogP contribution is -2.28. The van der Waals surface area contributed by atoms with Crippen LogP contribution in [0, 0.1) is 10.1 Å². The van der Waals surface area contributed by atoms with Crippen LogP contribution < -0.4 is 10.6 Å². The van der Waals surface area contributed by atoms with Gasteiger partial charge in [0.2, 0.25) is 5.91 Å². The third-order valence-corrected chi connectivity index (χ3v) is 6.78. The van der Waals surface area contributed by atoms with Gasteiger partial charge in [-0.25, -0.2) is 0 Å². The molecule has 2 aromatic carbocycles. The average molecular weight is 558 g/mol. The number of nitro benzene ring substituents is 1. The van der Waals surface area contributed by atoms with E-state index in [1.807, 2.05) is 6.92 Å². The van der Waals surface area contributed by atoms with Gasteiger partial charge in [0.1, 0.15) is 0 Å². The molecular weight excluding hydrogens is 539 g/mol. The monoisotopic (exact) mass is 556 g/mol. The summed E-state index contributed by atoms with van der Waals surface area (Å²) < 4.78 is 1.78. The standard InChI is InChI=1S/C21H19Cl3N6O4S/c1-3-29-19(11(2)25-20(32)12-4-6-14(22)16(24)8-12)27-28-21(29)35-10-18(31)26-17-9-13(30(33)34)5-7-15(17)23/h4-9,11H,3,10H2,1-2H3,(H,25,32)(H,26,31)/t11-/m0/s1. The number of carbonyl (C=O) groups excluding carboxylic acids is 2. The molecule has 0 radical (unpaired) electrons. The summed E-state index contributed by atoms with van der Waals surface area (Å²) in [4.78, 5) is 35.4. The lowest BCUT2D eigenvalue weighted by atomic mass is 10.2. The highest BCUT2D eigenvalue weighted by Gasteiger charge is 2.21. The summed E-state index contributed by atoms with van der Waals surface area (Å²) in [6, 6.07) is 7.87. The first-order chi connectivity index (χ1) is 16.6. The second kappa shape index (κ2) is 11.7. The number of anilines is 1. The van der Waals surface area contributed by atoms with Gasteiger partial charge in [-0.2, -0.15) is 0 Å². The van der Waals surface area contributed by atoms with E-state index >= 15 is 0 Å². The molecule has 0 aliphatic rings. The molecule has 0 bridgehead atoms. The zero-order valence-electron chi connectivity index (χ0n) is 18.4. The molecule has 0 fully saturated rings. The Balaban J connectivity index is 1.65. The molecule has 0 saturated carbocycles. The molecule has 0 unspecified atom stereocenters. The predicted octanol–water partition coefficient (Wildman–Crippen LogP) is 5.39. The molecule has 0 aliphatic heterocycles. The van der Waals surface area contributed by atoms with Crippen LogP contribution >= 0.6 is 46.6 Å². The Morgan fingerprint density at radius 3 is 2.49 bits per heavy atom. The van der Waals surface area contributed by atoms with E-state index in [-0.39, 0.29) is 33.1 Å². The van der Waals surface area contributed by atoms with Crippen LogP contribution in [0.1, 0.15) is 36.1 Å². The SMILES string of the molecule is CCn1c(SCC(=O)Nc2cc([N+](=O)[O-])ccc2Cl)nnc1[C@H](C)NC(=O)c1ccc(Cl)c(Cl)c1. The number of nitrogens with zero attached hydrogens (tertiary/aromatic N) is 4. The van der Waals surface area contributed by atoms with Crippen LogP contribution in [0.5, 0.6) is 0 Å². The molecule has 3 aromatic rings. The van der Waals surface area contributed by atoms with E-state index < -0.39 is 16.9 Å². The van der Waals surface area contributed by atoms with Crippen molar-refractivity contribution in [2.75, 3.05) is 11.1 Å². The molecule has 1 heterocycles. The van der Waals surface area contributed by atoms with Crippen molar-refractivity contribution in [1.82, 2.24) is 20.1 Å². The number of amides is 2. The number of hydrogen-bond acceptors (Lipinski definition) is 7. The Morgan fingerprint density at radius 2 is 1.83 bits per heavy atom. The molecule has 0 saturated heterocycles. The highest BCUT2D eigenvalue weighted by Crippen LogP contribution is 2.28. The Morgan fingerprint density at radius 1 is 1.11 bits per heavy atom. The van der Waals surface area contributed by atoms with Crippen molar-refractivity contribution in [1.29, 1.82) is 0 Å². The van der Waals surface area contributed by atoms with E-state index in [0.29, 0.717) is 28.1 Å². The first-order valence-corrected chi connectivity index (χ1v) is 12.3. The van der Waals surface area contributed by atoms with Crippen molar-refractivity contribution in [3.63, 3.8) is 0 Å². The molecule has 14 heteroatoms. The van der Waals surface area contributed by atoms with Crippen LogP contribution in [0.15, 0.2) is 41.6 Å². The number of halogens is 3. The lowest BCUT2D eigenvalue weighted by molar-refractivity contribution is -0.384. The van der Waals surface area contributed by atoms with E-state index in [1.54, 1.807) is 23.6 Å². The van der Waals surface area contributed by atoms with Gasteiger partial charge < -0.3 is 15.2 Å². The number of hydrogen-bond donors (Lipinski definition) is 2. The van der Waals surface area contributed by atoms with Gasteiger partial charge in [0, 0.05) is 24.2 Å². The molecule has 10 nitrogen and oxygen atoms in total. The maximum absolute atomic E-state index is 12.6. The van der Waals surface area contributed by atoms with E-state index in [0.717, 1.165) is 11.8 Å². The molecule has 1 aromatic heterocycles. The van der Waals surface area contributed by atoms with Crippen molar-refractivity contribution in [3.8, 4) is 0 Å². The van der Waals surface area contributed by atoms with E-state index in [2.05, 4.69) is 20.8 Å². The summed E-state index contributed by atoms with van der Waals surface area (Å²) in [5.41, 5.74) is 0.298. The highest BCUT2D eigenvalue weighted by atomic mass is 35.5. The van der Waals surface area contributed by atoms with E-state index in [1.165, 1.54) is 24.3 Å². The largest absolute Gasteiger partial charge is 0.342 e. The number of carbonyl (C=O) groups is 2. The van der Waals surface area contributed by atoms with Crippen LogP contribution in [0.3, 0.4) is 0 Å². The van der Waals surface area contributed by atoms with Gasteiger partial charge >= 0.3 is 0 Å². The minimum absolute atomic E-state index is 0.0405. The van der Waals surface area contributed by atoms with Crippen LogP contribution in [0.4, 0.5) is 11.4 Å². The van der Waals surface area contributed by atoms with Crippen molar-refractivity contribution >= 4 is 69.8 Å². The van der Waals surface area contributed by atoms with Gasteiger partial charge in [-0.15, -0.1) is 10.2 Å². The third kappa shape index (κ3) is 6.63. The summed E-state index contributed by atoms with van der Waals surface area (Å²) in [7, 11) is 0. The zero-order chi connectivity index (χ0) is 25.7. The Labute approximate surface area is 219 Å². The highest BCUT2D eigenvalue weighted by molar-refractivity contribution is 7.99. The number of nitro groups is 1. The minimum Gasteiger partial charge on any atom is -0.342 e. The number of rotatable bonds is 9. The molecular formula is C21H19Cl3N6O4S. The number of aromatic nitrogens is 3. The Kier molecular flexibility index (Phi) is 8.95. The van der Waals surface area contributed by atoms with Crippen LogP contribution in [-0.4, -0.2) is 37.3 Å². The second-order valence-electron chi connectivity index (χ2n) is 7.17. The number of thioether (sulfide) groups is 1. The van der Waals surface area contributed by atoms with Gasteiger partial charge in [-0.3, -0.25) is 19.7 Å². The topological polar surface area (TPSA) is 132 Å². The average Bonchev–Trinajstić information content (AvgIpc) is 3.23. The van der Waals surface area contributed by atoms with E-state index in [4.69, 9.17) is 34.8 Å². The molecule has 184 valence electrons. The molecule has 2 N–H and O–H groups in total. The quantitative estimate of drug-likeness (QED) is 0.205. The molecule has 2 amide bonds. The van der Waals surface area contributed by atoms with Crippen molar-refractivity contribution < 1.29 is 14.5 Å². The fourth-order valence-electron chi connectivity index (χ4n) is 3.05. The zero-order valence-corrected chi connectivity index (χ0v) is 21.5. The first-order valence-electron chi connectivity index (χ1n) is 10.2. The maximum Gasteiger partial charge on any atom is 0.271 e. The second-order valence-corrected chi connectivity index (χ2v) is 9.33. The molecule has 0 spiro atoms. The summed E-state index contributed by atoms with van der Waals surface area (Å²) >= 11 is 19.1. The fraction of sp³-hybridized carbons (Fsp3) is 0.238. The predicted molar refractivity (Wildman–Crippen MR) is 135 cm³/mol. The third-order valence-electron chi connectivity index (χ3n) is 4.75. The van der Waals surface area contributed by atoms with E-state index in [9.17, 15) is 19.7 Å². The van der Waals surface area contributed by atoms with Crippen molar-refractivity contribution in [3.05, 3.63) is 73.0 Å². The van der Waals surface area contributed by atoms with Gasteiger partial charge in [0.25, 0.3) is 11.6 Å². The van der Waals surface area contributed by atoms with Crippen molar-refractivity contribution in [2.24, 2.45) is 0 Å². The fourth-order valence-corrected chi connectivity index (χ4v) is 4.32. The first kappa shape index (κ1) is 26.7. The van der Waals surface area contributed by atoms with Crippen molar-refractivity contribution in [2.45, 2.75) is 31.6 Å². The number of non-ortho nitro benzene ring substituents is 1. The lowest BCUT2D eigenvalue weighted by Gasteiger charge is -2.15. The van der Waals surface area contributed by atoms with Crippen LogP contribution in [0.25, 0.3) is 0 Å². The minimum atomic E-state index is -0.576. The maximum atomic E-state index is 12.6. The normalized spacial score (nSPS) is 11.7. The number of benzene rings is 2. The van der Waals surface area contributed by atoms with Gasteiger partial charge in [-0.1, -0.05) is 46.6 Å². The molecule has 3 rings (SSSR count). The number of nitrogens with one attached hydrogen (secondary N) is 2. The summed E-state index contributed by atoms with van der Waals surface area (Å²) in [6.45, 7) is 4.14. The molecule has 35 heavy (non-hydrogen) atoms. The van der Waals surface area contributed by atoms with Gasteiger partial charge in [-0.05, 0) is 38.1 Å². The molecule has 0 aliphatic carbocycles. The van der Waals surface area contributed by atoms with Gasteiger partial charge in [0.05, 0.1) is 37.5 Å². The Bertz CT molecular complexity index is 1290. The van der Waals surface area contributed by atoms with Crippen LogP contribution in [0.2, 0.25) is 15.1 Å². The molecule has 1 atom stereocenters. The summed E-state index contributed by atoms with van der Waals surface area (Å²) in [6.07, 6.45) is 0. The summed E-state index contributed by atoms with van der Waals surface area (Å²) in [5.74, 6) is -0.318. The van der Waals surface area contributed by atoms with Gasteiger partial charge in [0.15, 0.2) is 11.0 Å². The van der Waals surface area contributed by atoms with Crippen LogP contribution in [-0.2, 0) is 11.3 Å². The summed E-state index contributed by atoms with van der Waals surface area (Å²) in [5, 5.41) is 25.9. The smallest absolute Gasteiger partial charge is 0.271 e.